The van der Waals surface area contributed by atoms with Gasteiger partial charge < -0.3 is 9.47 Å². The van der Waals surface area contributed by atoms with Crippen LogP contribution < -0.4 is 0 Å². The first kappa shape index (κ1) is 34.4. The molecule has 0 atom stereocenters. The van der Waals surface area contributed by atoms with Crippen LogP contribution in [0.15, 0.2) is 0 Å². The molecule has 0 N–H and O–H groups in total. The van der Waals surface area contributed by atoms with E-state index in [1.165, 1.54) is 25.7 Å². The molecule has 0 aliphatic carbocycles. The van der Waals surface area contributed by atoms with E-state index in [0.29, 0.717) is 25.7 Å². The van der Waals surface area contributed by atoms with Crippen LogP contribution in [0.4, 0.5) is 0 Å². The lowest BCUT2D eigenvalue weighted by molar-refractivity contribution is -0.161. The van der Waals surface area contributed by atoms with Gasteiger partial charge in [-0.05, 0) is 25.7 Å². The molecule has 0 amide bonds. The van der Waals surface area contributed by atoms with Crippen LogP contribution in [0.2, 0.25) is 0 Å². The Morgan fingerprint density at radius 2 is 0.559 bits per heavy atom. The monoisotopic (exact) mass is 484 g/mol. The van der Waals surface area contributed by atoms with Crippen LogP contribution in [0.25, 0.3) is 0 Å². The summed E-state index contributed by atoms with van der Waals surface area (Å²) in [7, 11) is 0. The molecule has 0 radical (unpaired) electrons. The molecule has 0 saturated heterocycles. The van der Waals surface area contributed by atoms with Gasteiger partial charge in [-0.25, -0.2) is 0 Å². The fourth-order valence-electron chi connectivity index (χ4n) is 3.24. The van der Waals surface area contributed by atoms with Gasteiger partial charge in [0.05, 0.1) is 0 Å². The molecule has 0 aliphatic rings. The average molecular weight is 485 g/mol. The lowest BCUT2D eigenvalue weighted by Gasteiger charge is -2.03. The summed E-state index contributed by atoms with van der Waals surface area (Å²) in [4.78, 5) is 45.0. The van der Waals surface area contributed by atoms with Gasteiger partial charge in [0, 0.05) is 25.7 Å². The van der Waals surface area contributed by atoms with Crippen molar-refractivity contribution >= 4 is 23.9 Å². The van der Waals surface area contributed by atoms with E-state index in [1.807, 2.05) is 0 Å². The Balaban J connectivity index is 0. The summed E-state index contributed by atoms with van der Waals surface area (Å²) in [6, 6.07) is 0. The number of unbranched alkanes of at least 4 members (excludes halogenated alkanes) is 12. The largest absolute Gasteiger partial charge is 0.393 e. The van der Waals surface area contributed by atoms with Gasteiger partial charge in [0.2, 0.25) is 0 Å². The van der Waals surface area contributed by atoms with E-state index < -0.39 is 0 Å². The molecule has 6 nitrogen and oxygen atoms in total. The molecular formula is C28H52O6. The van der Waals surface area contributed by atoms with Crippen molar-refractivity contribution in [2.45, 2.75) is 156 Å². The number of hydrogen-bond acceptors (Lipinski definition) is 6. The molecule has 0 aromatic carbocycles. The van der Waals surface area contributed by atoms with Crippen LogP contribution >= 0.6 is 0 Å². The molecule has 0 unspecified atom stereocenters. The third kappa shape index (κ3) is 28.3. The maximum absolute atomic E-state index is 11.4. The van der Waals surface area contributed by atoms with Crippen molar-refractivity contribution in [3.05, 3.63) is 0 Å². The smallest absolute Gasteiger partial charge is 0.313 e. The van der Waals surface area contributed by atoms with Crippen LogP contribution in [-0.4, -0.2) is 23.9 Å². The molecule has 0 aliphatic heterocycles. The summed E-state index contributed by atoms with van der Waals surface area (Å²) in [5.41, 5.74) is 0. The molecule has 0 saturated carbocycles. The minimum Gasteiger partial charge on any atom is -0.393 e. The van der Waals surface area contributed by atoms with Crippen molar-refractivity contribution in [1.82, 2.24) is 0 Å². The lowest BCUT2D eigenvalue weighted by Crippen LogP contribution is -2.11. The maximum Gasteiger partial charge on any atom is 0.313 e. The molecule has 0 fully saturated rings. The highest BCUT2D eigenvalue weighted by Gasteiger charge is 2.10. The van der Waals surface area contributed by atoms with Crippen molar-refractivity contribution in [2.75, 3.05) is 0 Å². The molecule has 0 bridgehead atoms. The summed E-state index contributed by atoms with van der Waals surface area (Å²) in [5.74, 6) is -1.44. The second kappa shape index (κ2) is 27.5. The van der Waals surface area contributed by atoms with Crippen LogP contribution in [0.3, 0.4) is 0 Å². The standard InChI is InChI=1S/C16H30O3.C12H22O3/c1-3-5-7-9-11-13-15(17)19-16(18)14-12-10-8-6-4-2;1-3-5-7-9-11(13)15-12(14)10-8-6-4-2/h3-14H2,1-2H3;3-10H2,1-2H3. The number of ether oxygens (including phenoxy) is 2. The highest BCUT2D eigenvalue weighted by atomic mass is 16.6. The van der Waals surface area contributed by atoms with Crippen LogP contribution in [0.1, 0.15) is 156 Å². The maximum atomic E-state index is 11.4. The zero-order chi connectivity index (χ0) is 25.9. The Hall–Kier alpha value is -1.72. The van der Waals surface area contributed by atoms with Crippen molar-refractivity contribution in [3.8, 4) is 0 Å². The first-order valence-corrected chi connectivity index (χ1v) is 13.9. The average Bonchev–Trinajstić information content (AvgIpc) is 2.79. The van der Waals surface area contributed by atoms with E-state index in [2.05, 4.69) is 32.4 Å². The number of esters is 4. The molecule has 0 aromatic rings. The minimum atomic E-state index is -0.370. The SMILES string of the molecule is CCCCCC(=O)OC(=O)CCCCC.CCCCCCCC(=O)OC(=O)CCCCCCC. The number of carbonyl (C=O) groups is 4. The van der Waals surface area contributed by atoms with Crippen molar-refractivity contribution < 1.29 is 28.7 Å². The van der Waals surface area contributed by atoms with Gasteiger partial charge in [-0.2, -0.15) is 0 Å². The fourth-order valence-corrected chi connectivity index (χ4v) is 3.24. The summed E-state index contributed by atoms with van der Waals surface area (Å²) < 4.78 is 9.45. The number of hydrogen-bond donors (Lipinski definition) is 0. The van der Waals surface area contributed by atoms with Gasteiger partial charge in [-0.15, -0.1) is 0 Å². The Kier molecular flexibility index (Phi) is 27.9. The topological polar surface area (TPSA) is 86.7 Å². The third-order valence-electron chi connectivity index (χ3n) is 5.39. The lowest BCUT2D eigenvalue weighted by atomic mass is 10.1. The molecule has 0 spiro atoms. The summed E-state index contributed by atoms with van der Waals surface area (Å²) in [6.45, 7) is 8.46. The normalized spacial score (nSPS) is 10.2. The molecule has 200 valence electrons. The van der Waals surface area contributed by atoms with Crippen LogP contribution in [0.5, 0.6) is 0 Å². The quantitative estimate of drug-likeness (QED) is 0.0988. The van der Waals surface area contributed by atoms with E-state index >= 15 is 0 Å². The van der Waals surface area contributed by atoms with Crippen LogP contribution in [0, 0.1) is 0 Å². The Bertz CT molecular complexity index is 471. The molecule has 0 heterocycles. The van der Waals surface area contributed by atoms with Crippen molar-refractivity contribution in [2.24, 2.45) is 0 Å². The van der Waals surface area contributed by atoms with Gasteiger partial charge in [-0.3, -0.25) is 19.2 Å². The Labute approximate surface area is 208 Å². The van der Waals surface area contributed by atoms with Gasteiger partial charge in [-0.1, -0.05) is 105 Å². The van der Waals surface area contributed by atoms with E-state index in [0.717, 1.165) is 77.0 Å². The highest BCUT2D eigenvalue weighted by molar-refractivity contribution is 5.85. The van der Waals surface area contributed by atoms with Crippen molar-refractivity contribution in [3.63, 3.8) is 0 Å². The molecule has 0 rings (SSSR count). The van der Waals surface area contributed by atoms with Gasteiger partial charge in [0.1, 0.15) is 0 Å². The number of rotatable bonds is 20. The molecular weight excluding hydrogens is 432 g/mol. The predicted octanol–water partition coefficient (Wildman–Crippen LogP) is 7.99. The first-order chi connectivity index (χ1) is 16.4. The molecule has 6 heteroatoms. The Morgan fingerprint density at radius 1 is 0.353 bits per heavy atom. The van der Waals surface area contributed by atoms with Crippen molar-refractivity contribution in [1.29, 1.82) is 0 Å². The summed E-state index contributed by atoms with van der Waals surface area (Å²) >= 11 is 0. The van der Waals surface area contributed by atoms with E-state index in [-0.39, 0.29) is 23.9 Å². The van der Waals surface area contributed by atoms with E-state index in [9.17, 15) is 19.2 Å². The second-order valence-corrected chi connectivity index (χ2v) is 8.93. The first-order valence-electron chi connectivity index (χ1n) is 13.9. The van der Waals surface area contributed by atoms with E-state index in [1.54, 1.807) is 0 Å². The predicted molar refractivity (Wildman–Crippen MR) is 137 cm³/mol. The summed E-state index contributed by atoms with van der Waals surface area (Å²) in [5, 5.41) is 0. The zero-order valence-electron chi connectivity index (χ0n) is 22.6. The zero-order valence-corrected chi connectivity index (χ0v) is 22.6. The van der Waals surface area contributed by atoms with Gasteiger partial charge in [0.25, 0.3) is 0 Å². The van der Waals surface area contributed by atoms with Gasteiger partial charge in [0.15, 0.2) is 0 Å². The second-order valence-electron chi connectivity index (χ2n) is 8.93. The Morgan fingerprint density at radius 3 is 0.824 bits per heavy atom. The highest BCUT2D eigenvalue weighted by Crippen LogP contribution is 2.08. The summed E-state index contributed by atoms with van der Waals surface area (Å²) in [6.07, 6.45) is 18.2. The number of carbonyl (C=O) groups excluding carboxylic acids is 4. The third-order valence-corrected chi connectivity index (χ3v) is 5.39. The fraction of sp³-hybridized carbons (Fsp3) is 0.857. The van der Waals surface area contributed by atoms with Crippen LogP contribution in [-0.2, 0) is 28.7 Å². The van der Waals surface area contributed by atoms with Gasteiger partial charge >= 0.3 is 23.9 Å². The molecule has 0 aromatic heterocycles. The molecule has 34 heavy (non-hydrogen) atoms. The minimum absolute atomic E-state index is 0.352. The van der Waals surface area contributed by atoms with E-state index in [4.69, 9.17) is 4.74 Å².